The number of rotatable bonds is 3. The third-order valence-corrected chi connectivity index (χ3v) is 3.88. The molecule has 0 bridgehead atoms. The Bertz CT molecular complexity index is 633. The molecule has 1 aliphatic heterocycles. The van der Waals surface area contributed by atoms with E-state index in [1.165, 1.54) is 10.7 Å². The van der Waals surface area contributed by atoms with Crippen LogP contribution in [0.2, 0.25) is 0 Å². The van der Waals surface area contributed by atoms with E-state index in [2.05, 4.69) is 5.10 Å². The summed E-state index contributed by atoms with van der Waals surface area (Å²) in [5.74, 6) is -1.28. The highest BCUT2D eigenvalue weighted by Gasteiger charge is 2.27. The fourth-order valence-corrected chi connectivity index (χ4v) is 2.80. The molecule has 0 radical (unpaired) electrons. The third kappa shape index (κ3) is 2.12. The van der Waals surface area contributed by atoms with Crippen LogP contribution in [0.1, 0.15) is 25.9 Å². The lowest BCUT2D eigenvalue weighted by Crippen LogP contribution is -2.39. The smallest absolute Gasteiger partial charge is 0.356 e. The first kappa shape index (κ1) is 11.9. The van der Waals surface area contributed by atoms with Crippen LogP contribution in [0, 0.1) is 0 Å². The fourth-order valence-electron chi connectivity index (χ4n) is 2.08. The summed E-state index contributed by atoms with van der Waals surface area (Å²) in [6.45, 7) is 1.63. The lowest BCUT2D eigenvalue weighted by Gasteiger charge is -2.26. The van der Waals surface area contributed by atoms with Crippen molar-refractivity contribution >= 4 is 23.2 Å². The topological polar surface area (TPSA) is 75.4 Å². The number of carboxylic acids is 1. The molecule has 3 heterocycles. The van der Waals surface area contributed by atoms with Gasteiger partial charge in [-0.25, -0.2) is 4.79 Å². The van der Waals surface area contributed by atoms with E-state index in [1.807, 2.05) is 17.5 Å². The molecule has 98 valence electrons. The van der Waals surface area contributed by atoms with Crippen molar-refractivity contribution in [2.45, 2.75) is 13.1 Å². The van der Waals surface area contributed by atoms with E-state index in [0.29, 0.717) is 25.3 Å². The van der Waals surface area contributed by atoms with Gasteiger partial charge in [-0.05, 0) is 11.4 Å². The van der Waals surface area contributed by atoms with Crippen molar-refractivity contribution < 1.29 is 14.7 Å². The predicted octanol–water partition coefficient (Wildman–Crippen LogP) is 1.30. The number of nitrogens with zero attached hydrogens (tertiary/aromatic N) is 3. The number of carbonyl (C=O) groups excluding carboxylic acids is 1. The summed E-state index contributed by atoms with van der Waals surface area (Å²) in [5, 5.41) is 14.8. The van der Waals surface area contributed by atoms with E-state index in [4.69, 9.17) is 5.11 Å². The summed E-state index contributed by atoms with van der Waals surface area (Å²) in [6.07, 6.45) is 0. The van der Waals surface area contributed by atoms with Gasteiger partial charge < -0.3 is 10.0 Å². The molecule has 7 heteroatoms. The number of aromatic carboxylic acids is 1. The van der Waals surface area contributed by atoms with Gasteiger partial charge in [0.05, 0.1) is 13.1 Å². The van der Waals surface area contributed by atoms with Crippen LogP contribution in [0.5, 0.6) is 0 Å². The summed E-state index contributed by atoms with van der Waals surface area (Å²) in [7, 11) is 0. The van der Waals surface area contributed by atoms with Crippen LogP contribution in [-0.4, -0.2) is 38.2 Å². The number of hydrogen-bond donors (Lipinski definition) is 1. The lowest BCUT2D eigenvalue weighted by atomic mass is 10.2. The standard InChI is InChI=1S/C12H11N3O3S/c16-11-10-6-9(12(17)18)13-15(10)4-3-14(11)7-8-2-1-5-19-8/h1-2,5-6H,3-4,7H2,(H,17,18). The Morgan fingerprint density at radius 2 is 2.32 bits per heavy atom. The Labute approximate surface area is 112 Å². The van der Waals surface area contributed by atoms with E-state index < -0.39 is 5.97 Å². The van der Waals surface area contributed by atoms with Crippen molar-refractivity contribution in [3.8, 4) is 0 Å². The summed E-state index contributed by atoms with van der Waals surface area (Å²) >= 11 is 1.60. The maximum atomic E-state index is 12.3. The van der Waals surface area contributed by atoms with Crippen LogP contribution < -0.4 is 0 Å². The molecule has 3 rings (SSSR count). The van der Waals surface area contributed by atoms with Crippen LogP contribution in [0.3, 0.4) is 0 Å². The lowest BCUT2D eigenvalue weighted by molar-refractivity contribution is 0.0672. The molecular formula is C12H11N3O3S. The second-order valence-electron chi connectivity index (χ2n) is 4.25. The van der Waals surface area contributed by atoms with Gasteiger partial charge in [0, 0.05) is 17.5 Å². The van der Waals surface area contributed by atoms with Gasteiger partial charge >= 0.3 is 5.97 Å². The van der Waals surface area contributed by atoms with Crippen molar-refractivity contribution in [2.75, 3.05) is 6.54 Å². The van der Waals surface area contributed by atoms with Gasteiger partial charge in [-0.2, -0.15) is 5.10 Å². The Kier molecular flexibility index (Phi) is 2.83. The van der Waals surface area contributed by atoms with Crippen molar-refractivity contribution in [1.29, 1.82) is 0 Å². The second-order valence-corrected chi connectivity index (χ2v) is 5.28. The predicted molar refractivity (Wildman–Crippen MR) is 68.2 cm³/mol. The minimum Gasteiger partial charge on any atom is -0.476 e. The molecule has 1 aliphatic rings. The third-order valence-electron chi connectivity index (χ3n) is 3.01. The minimum atomic E-state index is -1.11. The normalized spacial score (nSPS) is 14.5. The zero-order valence-corrected chi connectivity index (χ0v) is 10.8. The summed E-state index contributed by atoms with van der Waals surface area (Å²) < 4.78 is 1.47. The summed E-state index contributed by atoms with van der Waals surface area (Å²) in [5.41, 5.74) is 0.265. The Morgan fingerprint density at radius 3 is 3.00 bits per heavy atom. The number of hydrogen-bond acceptors (Lipinski definition) is 4. The number of fused-ring (bicyclic) bond motifs is 1. The molecular weight excluding hydrogens is 266 g/mol. The van der Waals surface area contributed by atoms with Gasteiger partial charge in [-0.1, -0.05) is 6.07 Å². The molecule has 19 heavy (non-hydrogen) atoms. The van der Waals surface area contributed by atoms with Gasteiger partial charge in [0.25, 0.3) is 5.91 Å². The number of amides is 1. The van der Waals surface area contributed by atoms with Gasteiger partial charge in [0.15, 0.2) is 5.69 Å². The highest BCUT2D eigenvalue weighted by Crippen LogP contribution is 2.18. The van der Waals surface area contributed by atoms with Gasteiger partial charge in [0.2, 0.25) is 0 Å². The number of carbonyl (C=O) groups is 2. The van der Waals surface area contributed by atoms with E-state index in [0.717, 1.165) is 4.88 Å². The zero-order chi connectivity index (χ0) is 13.4. The maximum absolute atomic E-state index is 12.3. The molecule has 0 saturated heterocycles. The average molecular weight is 277 g/mol. The molecule has 2 aromatic heterocycles. The molecule has 6 nitrogen and oxygen atoms in total. The zero-order valence-electron chi connectivity index (χ0n) is 9.94. The summed E-state index contributed by atoms with van der Waals surface area (Å²) in [6, 6.07) is 5.26. The second kappa shape index (κ2) is 4.51. The monoisotopic (exact) mass is 277 g/mol. The van der Waals surface area contributed by atoms with Crippen molar-refractivity contribution in [1.82, 2.24) is 14.7 Å². The summed E-state index contributed by atoms with van der Waals surface area (Å²) in [4.78, 5) is 25.9. The van der Waals surface area contributed by atoms with Gasteiger partial charge in [-0.3, -0.25) is 9.48 Å². The highest BCUT2D eigenvalue weighted by molar-refractivity contribution is 7.09. The molecule has 0 aliphatic carbocycles. The number of aromatic nitrogens is 2. The van der Waals surface area contributed by atoms with Crippen LogP contribution in [0.4, 0.5) is 0 Å². The van der Waals surface area contributed by atoms with Crippen LogP contribution in [-0.2, 0) is 13.1 Å². The minimum absolute atomic E-state index is 0.0821. The Balaban J connectivity index is 1.85. The van der Waals surface area contributed by atoms with E-state index in [1.54, 1.807) is 16.2 Å². The largest absolute Gasteiger partial charge is 0.476 e. The molecule has 1 amide bonds. The van der Waals surface area contributed by atoms with Gasteiger partial charge in [0.1, 0.15) is 5.69 Å². The van der Waals surface area contributed by atoms with Gasteiger partial charge in [-0.15, -0.1) is 11.3 Å². The van der Waals surface area contributed by atoms with Crippen molar-refractivity contribution in [3.63, 3.8) is 0 Å². The average Bonchev–Trinajstić information content (AvgIpc) is 3.02. The molecule has 0 fully saturated rings. The highest BCUT2D eigenvalue weighted by atomic mass is 32.1. The molecule has 0 spiro atoms. The number of carboxylic acid groups (broad SMARTS) is 1. The molecule has 2 aromatic rings. The van der Waals surface area contributed by atoms with Crippen molar-refractivity contribution in [2.24, 2.45) is 0 Å². The van der Waals surface area contributed by atoms with E-state index in [9.17, 15) is 9.59 Å². The first-order valence-electron chi connectivity index (χ1n) is 5.78. The molecule has 0 atom stereocenters. The number of thiophene rings is 1. The Morgan fingerprint density at radius 1 is 1.47 bits per heavy atom. The Hall–Kier alpha value is -2.15. The van der Waals surface area contributed by atoms with Crippen molar-refractivity contribution in [3.05, 3.63) is 39.8 Å². The van der Waals surface area contributed by atoms with E-state index in [-0.39, 0.29) is 11.6 Å². The van der Waals surface area contributed by atoms with E-state index >= 15 is 0 Å². The quantitative estimate of drug-likeness (QED) is 0.917. The molecule has 0 aromatic carbocycles. The van der Waals surface area contributed by atoms with Crippen LogP contribution in [0.25, 0.3) is 0 Å². The first-order valence-corrected chi connectivity index (χ1v) is 6.66. The van der Waals surface area contributed by atoms with Crippen LogP contribution in [0.15, 0.2) is 23.6 Å². The first-order chi connectivity index (χ1) is 9.15. The molecule has 0 saturated carbocycles. The molecule has 1 N–H and O–H groups in total. The maximum Gasteiger partial charge on any atom is 0.356 e. The fraction of sp³-hybridized carbons (Fsp3) is 0.250. The van der Waals surface area contributed by atoms with Crippen LogP contribution >= 0.6 is 11.3 Å². The SMILES string of the molecule is O=C(O)c1cc2n(n1)CCN(Cc1cccs1)C2=O. The molecule has 0 unspecified atom stereocenters.